The highest BCUT2D eigenvalue weighted by Crippen LogP contribution is 2.38. The summed E-state index contributed by atoms with van der Waals surface area (Å²) in [5.74, 6) is 0.674. The quantitative estimate of drug-likeness (QED) is 0.203. The van der Waals surface area contributed by atoms with E-state index in [1.807, 2.05) is 30.3 Å². The van der Waals surface area contributed by atoms with Crippen LogP contribution in [0.4, 0.5) is 17.1 Å². The number of nitrogens with zero attached hydrogens (tertiary/aromatic N) is 4. The van der Waals surface area contributed by atoms with Crippen molar-refractivity contribution in [1.29, 1.82) is 5.26 Å². The van der Waals surface area contributed by atoms with Gasteiger partial charge in [-0.1, -0.05) is 23.7 Å². The molecule has 0 spiro atoms. The number of pyridine rings is 2. The van der Waals surface area contributed by atoms with E-state index < -0.39 is 0 Å². The average Bonchev–Trinajstić information content (AvgIpc) is 3.59. The zero-order valence-corrected chi connectivity index (χ0v) is 25.8. The van der Waals surface area contributed by atoms with Gasteiger partial charge in [-0.15, -0.1) is 0 Å². The van der Waals surface area contributed by atoms with Crippen LogP contribution in [0.5, 0.6) is 11.5 Å². The summed E-state index contributed by atoms with van der Waals surface area (Å²) >= 11 is 6.58. The van der Waals surface area contributed by atoms with Crippen LogP contribution in [0, 0.1) is 11.3 Å². The van der Waals surface area contributed by atoms with Gasteiger partial charge in [0.25, 0.3) is 0 Å². The predicted octanol–water partition coefficient (Wildman–Crippen LogP) is 5.47. The Morgan fingerprint density at radius 1 is 1.11 bits per heavy atom. The van der Waals surface area contributed by atoms with E-state index in [9.17, 15) is 10.1 Å². The first-order chi connectivity index (χ1) is 22.6. The number of aromatic nitrogens is 2. The zero-order chi connectivity index (χ0) is 31.7. The van der Waals surface area contributed by atoms with Gasteiger partial charge in [0.2, 0.25) is 5.91 Å². The van der Waals surface area contributed by atoms with E-state index in [0.717, 1.165) is 25.2 Å². The molecule has 1 unspecified atom stereocenters. The fraction of sp³-hybridized carbons (Fsp3) is 0.294. The number of ether oxygens (including phenoxy) is 4. The summed E-state index contributed by atoms with van der Waals surface area (Å²) in [7, 11) is 0. The monoisotopic (exact) mass is 640 g/mol. The molecular formula is C34H33ClN6O5. The summed E-state index contributed by atoms with van der Waals surface area (Å²) in [5, 5.41) is 17.3. The minimum Gasteiger partial charge on any atom is -0.486 e. The van der Waals surface area contributed by atoms with Crippen molar-refractivity contribution in [3.05, 3.63) is 89.4 Å². The number of rotatable bonds is 11. The fourth-order valence-corrected chi connectivity index (χ4v) is 5.40. The molecule has 0 saturated carbocycles. The van der Waals surface area contributed by atoms with Crippen molar-refractivity contribution in [3.63, 3.8) is 0 Å². The molecule has 1 amide bonds. The van der Waals surface area contributed by atoms with E-state index in [-0.39, 0.29) is 18.6 Å². The van der Waals surface area contributed by atoms with Gasteiger partial charge < -0.3 is 29.6 Å². The molecular weight excluding hydrogens is 608 g/mol. The summed E-state index contributed by atoms with van der Waals surface area (Å²) in [4.78, 5) is 24.1. The normalized spacial score (nSPS) is 16.7. The van der Waals surface area contributed by atoms with Gasteiger partial charge in [-0.25, -0.2) is 0 Å². The molecule has 2 saturated heterocycles. The van der Waals surface area contributed by atoms with Gasteiger partial charge >= 0.3 is 0 Å². The molecule has 4 heterocycles. The Hall–Kier alpha value is -4.73. The van der Waals surface area contributed by atoms with Crippen LogP contribution >= 0.6 is 11.6 Å². The fourth-order valence-electron chi connectivity index (χ4n) is 5.16. The molecule has 12 heteroatoms. The molecule has 2 fully saturated rings. The van der Waals surface area contributed by atoms with Crippen LogP contribution in [0.2, 0.25) is 5.02 Å². The van der Waals surface area contributed by atoms with E-state index in [2.05, 4.69) is 31.6 Å². The second kappa shape index (κ2) is 15.0. The van der Waals surface area contributed by atoms with Gasteiger partial charge in [0.15, 0.2) is 0 Å². The molecule has 2 aliphatic rings. The number of fused-ring (bicyclic) bond motifs is 1. The van der Waals surface area contributed by atoms with E-state index in [1.165, 1.54) is 12.3 Å². The van der Waals surface area contributed by atoms with Gasteiger partial charge in [-0.2, -0.15) is 5.26 Å². The van der Waals surface area contributed by atoms with E-state index in [4.69, 9.17) is 30.5 Å². The molecule has 11 nitrogen and oxygen atoms in total. The third kappa shape index (κ3) is 7.91. The molecule has 2 aromatic carbocycles. The van der Waals surface area contributed by atoms with Crippen molar-refractivity contribution in [2.24, 2.45) is 0 Å². The number of benzene rings is 2. The van der Waals surface area contributed by atoms with Crippen LogP contribution in [0.1, 0.15) is 17.7 Å². The SMILES string of the molecule is N#Cc1cnc2cc(OC3CCOC3)c(NC(=O)C=CCN3CCOCC3)cc2c1Nc1ccc(OCc2ccccn2)c(Cl)c1. The minimum atomic E-state index is -0.299. The summed E-state index contributed by atoms with van der Waals surface area (Å²) in [5.41, 5.74) is 3.29. The molecule has 236 valence electrons. The lowest BCUT2D eigenvalue weighted by atomic mass is 10.1. The number of anilines is 3. The van der Waals surface area contributed by atoms with Crippen LogP contribution in [-0.2, 0) is 20.9 Å². The lowest BCUT2D eigenvalue weighted by molar-refractivity contribution is -0.111. The molecule has 4 aromatic rings. The Balaban J connectivity index is 1.26. The third-order valence-electron chi connectivity index (χ3n) is 7.57. The maximum Gasteiger partial charge on any atom is 0.248 e. The Morgan fingerprint density at radius 2 is 2.00 bits per heavy atom. The molecule has 2 aliphatic heterocycles. The largest absolute Gasteiger partial charge is 0.486 e. The van der Waals surface area contributed by atoms with Crippen LogP contribution in [-0.4, -0.2) is 72.9 Å². The van der Waals surface area contributed by atoms with Crippen molar-refractivity contribution in [1.82, 2.24) is 14.9 Å². The number of amides is 1. The van der Waals surface area contributed by atoms with Crippen LogP contribution in [0.3, 0.4) is 0 Å². The molecule has 1 atom stereocenters. The lowest BCUT2D eigenvalue weighted by Crippen LogP contribution is -2.36. The first-order valence-electron chi connectivity index (χ1n) is 15.0. The van der Waals surface area contributed by atoms with Crippen molar-refractivity contribution in [3.8, 4) is 17.6 Å². The second-order valence-corrected chi connectivity index (χ2v) is 11.2. The topological polar surface area (TPSA) is 131 Å². The van der Waals surface area contributed by atoms with Crippen LogP contribution in [0.25, 0.3) is 10.9 Å². The smallest absolute Gasteiger partial charge is 0.248 e. The Morgan fingerprint density at radius 3 is 2.76 bits per heavy atom. The predicted molar refractivity (Wildman–Crippen MR) is 175 cm³/mol. The molecule has 0 aliphatic carbocycles. The molecule has 0 radical (unpaired) electrons. The van der Waals surface area contributed by atoms with Gasteiger partial charge in [0.05, 0.1) is 59.6 Å². The lowest BCUT2D eigenvalue weighted by Gasteiger charge is -2.25. The number of hydrogen-bond acceptors (Lipinski definition) is 10. The number of hydrogen-bond donors (Lipinski definition) is 2. The van der Waals surface area contributed by atoms with Crippen molar-refractivity contribution in [2.75, 3.05) is 56.7 Å². The third-order valence-corrected chi connectivity index (χ3v) is 7.86. The summed E-state index contributed by atoms with van der Waals surface area (Å²) in [6.45, 7) is 5.02. The molecule has 0 bridgehead atoms. The molecule has 2 aromatic heterocycles. The van der Waals surface area contributed by atoms with E-state index >= 15 is 0 Å². The van der Waals surface area contributed by atoms with Crippen molar-refractivity contribution >= 4 is 45.5 Å². The maximum absolute atomic E-state index is 13.1. The highest BCUT2D eigenvalue weighted by Gasteiger charge is 2.21. The van der Waals surface area contributed by atoms with Gasteiger partial charge in [0.1, 0.15) is 30.3 Å². The Labute approximate surface area is 271 Å². The highest BCUT2D eigenvalue weighted by molar-refractivity contribution is 6.32. The average molecular weight is 641 g/mol. The highest BCUT2D eigenvalue weighted by atomic mass is 35.5. The molecule has 6 rings (SSSR count). The van der Waals surface area contributed by atoms with Crippen molar-refractivity contribution < 1.29 is 23.7 Å². The van der Waals surface area contributed by atoms with E-state index in [1.54, 1.807) is 30.5 Å². The van der Waals surface area contributed by atoms with E-state index in [0.29, 0.717) is 83.0 Å². The summed E-state index contributed by atoms with van der Waals surface area (Å²) < 4.78 is 23.0. The molecule has 46 heavy (non-hydrogen) atoms. The number of carbonyl (C=O) groups is 1. The number of carbonyl (C=O) groups excluding carboxylic acids is 1. The Bertz CT molecular complexity index is 1750. The molecule has 2 N–H and O–H groups in total. The van der Waals surface area contributed by atoms with Gasteiger partial charge in [0, 0.05) is 61.7 Å². The number of halogens is 1. The van der Waals surface area contributed by atoms with Crippen molar-refractivity contribution in [2.45, 2.75) is 19.1 Å². The number of nitrogens with one attached hydrogen (secondary N) is 2. The standard InChI is InChI=1S/C34H33ClN6O5/c35-28-16-24(6-7-31(28)45-21-25-4-1-2-9-37-25)39-34-23(19-36)20-38-29-18-32(46-26-8-13-44-22-26)30(17-27(29)34)40-33(42)5-3-10-41-11-14-43-15-12-41/h1-7,9,16-18,20,26H,8,10-15,21-22H2,(H,38,39)(H,40,42). The first kappa shape index (κ1) is 31.3. The number of nitriles is 1. The summed E-state index contributed by atoms with van der Waals surface area (Å²) in [6.07, 6.45) is 7.15. The maximum atomic E-state index is 13.1. The number of morpholine rings is 1. The summed E-state index contributed by atoms with van der Waals surface area (Å²) in [6, 6.07) is 16.7. The zero-order valence-electron chi connectivity index (χ0n) is 25.1. The van der Waals surface area contributed by atoms with Crippen LogP contribution in [0.15, 0.2) is 73.1 Å². The van der Waals surface area contributed by atoms with Gasteiger partial charge in [-0.05, 0) is 36.4 Å². The minimum absolute atomic E-state index is 0.151. The Kier molecular flexibility index (Phi) is 10.2. The van der Waals surface area contributed by atoms with Crippen LogP contribution < -0.4 is 20.1 Å². The first-order valence-corrected chi connectivity index (χ1v) is 15.4. The second-order valence-electron chi connectivity index (χ2n) is 10.8. The van der Waals surface area contributed by atoms with Gasteiger partial charge in [-0.3, -0.25) is 19.7 Å².